The number of nitriles is 1. The highest BCUT2D eigenvalue weighted by Gasteiger charge is 2.51. The summed E-state index contributed by atoms with van der Waals surface area (Å²) in [5.41, 5.74) is 0.284. The summed E-state index contributed by atoms with van der Waals surface area (Å²) in [4.78, 5) is 12.2. The lowest BCUT2D eigenvalue weighted by molar-refractivity contribution is -0.129. The molecule has 4 bridgehead atoms. The van der Waals surface area contributed by atoms with Gasteiger partial charge in [0.15, 0.2) is 0 Å². The Labute approximate surface area is 115 Å². The van der Waals surface area contributed by atoms with E-state index in [0.717, 1.165) is 17.8 Å². The van der Waals surface area contributed by atoms with E-state index in [0.29, 0.717) is 12.8 Å². The SMILES string of the molecule is CCC(C#N)NC(=O)CC12CC3CC(CC(C3)C1)C2. The second-order valence-corrected chi connectivity index (χ2v) is 7.25. The Kier molecular flexibility index (Phi) is 3.28. The Morgan fingerprint density at radius 2 is 1.79 bits per heavy atom. The van der Waals surface area contributed by atoms with Crippen molar-refractivity contribution in [3.63, 3.8) is 0 Å². The number of nitrogens with one attached hydrogen (secondary N) is 1. The van der Waals surface area contributed by atoms with Crippen LogP contribution in [0, 0.1) is 34.5 Å². The fourth-order valence-corrected chi connectivity index (χ4v) is 5.32. The molecule has 0 aliphatic heterocycles. The molecule has 0 aromatic heterocycles. The topological polar surface area (TPSA) is 52.9 Å². The van der Waals surface area contributed by atoms with E-state index in [-0.39, 0.29) is 17.4 Å². The van der Waals surface area contributed by atoms with E-state index in [2.05, 4.69) is 11.4 Å². The van der Waals surface area contributed by atoms with Gasteiger partial charge in [0, 0.05) is 6.42 Å². The minimum absolute atomic E-state index is 0.107. The van der Waals surface area contributed by atoms with Crippen LogP contribution >= 0.6 is 0 Å². The fourth-order valence-electron chi connectivity index (χ4n) is 5.32. The quantitative estimate of drug-likeness (QED) is 0.844. The van der Waals surface area contributed by atoms with Crippen LogP contribution in [0.3, 0.4) is 0 Å². The first-order valence-corrected chi connectivity index (χ1v) is 7.81. The number of hydrogen-bond acceptors (Lipinski definition) is 2. The van der Waals surface area contributed by atoms with Crippen molar-refractivity contribution in [1.29, 1.82) is 5.26 Å². The largest absolute Gasteiger partial charge is 0.340 e. The highest BCUT2D eigenvalue weighted by Crippen LogP contribution is 2.61. The molecular weight excluding hydrogens is 236 g/mol. The van der Waals surface area contributed by atoms with Gasteiger partial charge in [-0.3, -0.25) is 4.79 Å². The lowest BCUT2D eigenvalue weighted by Gasteiger charge is -2.56. The number of hydrogen-bond donors (Lipinski definition) is 1. The van der Waals surface area contributed by atoms with Crippen LogP contribution in [0.5, 0.6) is 0 Å². The Balaban J connectivity index is 1.63. The predicted molar refractivity (Wildman–Crippen MR) is 73.1 cm³/mol. The zero-order valence-electron chi connectivity index (χ0n) is 11.8. The summed E-state index contributed by atoms with van der Waals surface area (Å²) in [7, 11) is 0. The molecule has 4 aliphatic rings. The minimum atomic E-state index is -0.304. The number of amides is 1. The van der Waals surface area contributed by atoms with Gasteiger partial charge in [0.2, 0.25) is 5.91 Å². The Morgan fingerprint density at radius 1 is 1.26 bits per heavy atom. The van der Waals surface area contributed by atoms with Gasteiger partial charge in [-0.15, -0.1) is 0 Å². The highest BCUT2D eigenvalue weighted by atomic mass is 16.1. The van der Waals surface area contributed by atoms with Crippen molar-refractivity contribution < 1.29 is 4.79 Å². The molecule has 4 rings (SSSR count). The summed E-state index contributed by atoms with van der Waals surface area (Å²) in [6.07, 6.45) is 9.38. The number of carbonyl (C=O) groups is 1. The van der Waals surface area contributed by atoms with E-state index in [1.54, 1.807) is 0 Å². The third kappa shape index (κ3) is 2.50. The van der Waals surface area contributed by atoms with Crippen LogP contribution < -0.4 is 5.32 Å². The first-order chi connectivity index (χ1) is 9.12. The molecule has 0 aromatic carbocycles. The molecule has 3 heteroatoms. The van der Waals surface area contributed by atoms with E-state index < -0.39 is 0 Å². The maximum atomic E-state index is 12.2. The van der Waals surface area contributed by atoms with Crippen molar-refractivity contribution in [2.24, 2.45) is 23.2 Å². The third-order valence-electron chi connectivity index (χ3n) is 5.60. The van der Waals surface area contributed by atoms with Crippen LogP contribution in [0.25, 0.3) is 0 Å². The lowest BCUT2D eigenvalue weighted by Crippen LogP contribution is -2.48. The molecule has 104 valence electrons. The second-order valence-electron chi connectivity index (χ2n) is 7.25. The molecular formula is C16H24N2O. The summed E-state index contributed by atoms with van der Waals surface area (Å²) in [5, 5.41) is 11.8. The molecule has 0 saturated heterocycles. The van der Waals surface area contributed by atoms with Gasteiger partial charge >= 0.3 is 0 Å². The Bertz CT molecular complexity index is 374. The molecule has 1 unspecified atom stereocenters. The summed E-state index contributed by atoms with van der Waals surface area (Å²) in [6, 6.07) is 1.85. The summed E-state index contributed by atoms with van der Waals surface area (Å²) < 4.78 is 0. The van der Waals surface area contributed by atoms with Gasteiger partial charge in [0.25, 0.3) is 0 Å². The molecule has 4 fully saturated rings. The minimum Gasteiger partial charge on any atom is -0.340 e. The van der Waals surface area contributed by atoms with Crippen LogP contribution in [0.2, 0.25) is 0 Å². The summed E-state index contributed by atoms with van der Waals surface area (Å²) in [6.45, 7) is 1.94. The maximum absolute atomic E-state index is 12.2. The normalized spacial score (nSPS) is 40.7. The molecule has 4 saturated carbocycles. The van der Waals surface area contributed by atoms with Crippen LogP contribution in [0.15, 0.2) is 0 Å². The van der Waals surface area contributed by atoms with E-state index in [4.69, 9.17) is 5.26 Å². The van der Waals surface area contributed by atoms with Gasteiger partial charge in [0.1, 0.15) is 6.04 Å². The van der Waals surface area contributed by atoms with E-state index in [9.17, 15) is 4.79 Å². The van der Waals surface area contributed by atoms with Crippen LogP contribution in [0.4, 0.5) is 0 Å². The van der Waals surface area contributed by atoms with Crippen molar-refractivity contribution in [2.45, 2.75) is 64.3 Å². The molecule has 19 heavy (non-hydrogen) atoms. The molecule has 1 atom stereocenters. The van der Waals surface area contributed by atoms with Crippen LogP contribution in [-0.2, 0) is 4.79 Å². The van der Waals surface area contributed by atoms with Gasteiger partial charge in [-0.25, -0.2) is 0 Å². The van der Waals surface area contributed by atoms with Crippen LogP contribution in [-0.4, -0.2) is 11.9 Å². The third-order valence-corrected chi connectivity index (χ3v) is 5.60. The van der Waals surface area contributed by atoms with Crippen molar-refractivity contribution >= 4 is 5.91 Å². The first-order valence-electron chi connectivity index (χ1n) is 7.81. The van der Waals surface area contributed by atoms with E-state index in [1.165, 1.54) is 38.5 Å². The molecule has 0 aromatic rings. The van der Waals surface area contributed by atoms with Crippen molar-refractivity contribution in [1.82, 2.24) is 5.32 Å². The smallest absolute Gasteiger partial charge is 0.221 e. The molecule has 4 aliphatic carbocycles. The monoisotopic (exact) mass is 260 g/mol. The summed E-state index contributed by atoms with van der Waals surface area (Å²) >= 11 is 0. The molecule has 1 amide bonds. The molecule has 0 spiro atoms. The molecule has 0 heterocycles. The lowest BCUT2D eigenvalue weighted by atomic mass is 9.49. The number of nitrogens with zero attached hydrogens (tertiary/aromatic N) is 1. The second kappa shape index (κ2) is 4.81. The predicted octanol–water partition coefficient (Wildman–Crippen LogP) is 3.01. The van der Waals surface area contributed by atoms with Gasteiger partial charge in [-0.2, -0.15) is 5.26 Å². The van der Waals surface area contributed by atoms with Gasteiger partial charge in [-0.1, -0.05) is 6.92 Å². The van der Waals surface area contributed by atoms with Gasteiger partial charge < -0.3 is 5.32 Å². The zero-order chi connectivity index (χ0) is 13.5. The molecule has 1 N–H and O–H groups in total. The maximum Gasteiger partial charge on any atom is 0.221 e. The molecule has 3 nitrogen and oxygen atoms in total. The standard InChI is InChI=1S/C16H24N2O/c1-2-14(10-17)18-15(19)9-16-6-11-3-12(7-16)5-13(4-11)8-16/h11-14H,2-9H2,1H3,(H,18,19). The van der Waals surface area contributed by atoms with Gasteiger partial charge in [-0.05, 0) is 68.1 Å². The highest BCUT2D eigenvalue weighted by molar-refractivity contribution is 5.77. The number of carbonyl (C=O) groups excluding carboxylic acids is 1. The van der Waals surface area contributed by atoms with Crippen molar-refractivity contribution in [2.75, 3.05) is 0 Å². The van der Waals surface area contributed by atoms with Crippen molar-refractivity contribution in [3.8, 4) is 6.07 Å². The van der Waals surface area contributed by atoms with Crippen molar-refractivity contribution in [3.05, 3.63) is 0 Å². The number of rotatable bonds is 4. The van der Waals surface area contributed by atoms with E-state index >= 15 is 0 Å². The van der Waals surface area contributed by atoms with Gasteiger partial charge in [0.05, 0.1) is 6.07 Å². The first kappa shape index (κ1) is 13.0. The Hall–Kier alpha value is -1.04. The Morgan fingerprint density at radius 3 is 2.21 bits per heavy atom. The average Bonchev–Trinajstić information content (AvgIpc) is 2.33. The fraction of sp³-hybridized carbons (Fsp3) is 0.875. The average molecular weight is 260 g/mol. The summed E-state index contributed by atoms with van der Waals surface area (Å²) in [5.74, 6) is 2.77. The van der Waals surface area contributed by atoms with Crippen LogP contribution in [0.1, 0.15) is 58.3 Å². The molecule has 0 radical (unpaired) electrons. The zero-order valence-corrected chi connectivity index (χ0v) is 11.8. The van der Waals surface area contributed by atoms with E-state index in [1.807, 2.05) is 6.92 Å².